The first kappa shape index (κ1) is 16.8. The first-order valence-corrected chi connectivity index (χ1v) is 8.65. The van der Waals surface area contributed by atoms with Crippen molar-refractivity contribution >= 4 is 5.97 Å². The molecular formula is C17H30O4. The van der Waals surface area contributed by atoms with Crippen LogP contribution in [0.25, 0.3) is 0 Å². The summed E-state index contributed by atoms with van der Waals surface area (Å²) < 4.78 is 11.8. The maximum Gasteiger partial charge on any atom is 0.303 e. The number of carboxylic acids is 1. The molecule has 2 aliphatic rings. The van der Waals surface area contributed by atoms with E-state index in [1.165, 1.54) is 25.7 Å². The molecule has 1 saturated carbocycles. The van der Waals surface area contributed by atoms with E-state index in [1.807, 2.05) is 0 Å². The van der Waals surface area contributed by atoms with E-state index in [0.29, 0.717) is 31.5 Å². The number of hydrogen-bond donors (Lipinski definition) is 1. The molecule has 2 rings (SSSR count). The summed E-state index contributed by atoms with van der Waals surface area (Å²) in [6.07, 6.45) is 10.3. The van der Waals surface area contributed by atoms with E-state index >= 15 is 0 Å². The summed E-state index contributed by atoms with van der Waals surface area (Å²) in [7, 11) is 0. The lowest BCUT2D eigenvalue weighted by molar-refractivity contribution is -0.170. The van der Waals surface area contributed by atoms with Gasteiger partial charge in [-0.25, -0.2) is 0 Å². The minimum Gasteiger partial charge on any atom is -0.481 e. The van der Waals surface area contributed by atoms with Gasteiger partial charge < -0.3 is 14.6 Å². The summed E-state index contributed by atoms with van der Waals surface area (Å²) in [5, 5.41) is 9.02. The predicted octanol–water partition coefficient (Wildman–Crippen LogP) is 3.98. The average molecular weight is 298 g/mol. The molecule has 1 heterocycles. The molecule has 0 spiro atoms. The highest BCUT2D eigenvalue weighted by Crippen LogP contribution is 2.40. The Morgan fingerprint density at radius 1 is 1.14 bits per heavy atom. The van der Waals surface area contributed by atoms with Gasteiger partial charge >= 0.3 is 5.97 Å². The van der Waals surface area contributed by atoms with Crippen molar-refractivity contribution in [3.05, 3.63) is 0 Å². The molecule has 0 radical (unpaired) electrons. The molecule has 0 aromatic rings. The predicted molar refractivity (Wildman–Crippen MR) is 81.1 cm³/mol. The molecule has 1 aliphatic heterocycles. The van der Waals surface area contributed by atoms with E-state index in [-0.39, 0.29) is 5.79 Å². The second-order valence-corrected chi connectivity index (χ2v) is 6.65. The van der Waals surface area contributed by atoms with Gasteiger partial charge in [0.2, 0.25) is 0 Å². The van der Waals surface area contributed by atoms with Gasteiger partial charge in [0.05, 0.1) is 13.2 Å². The van der Waals surface area contributed by atoms with Gasteiger partial charge in [-0.15, -0.1) is 0 Å². The second-order valence-electron chi connectivity index (χ2n) is 6.65. The van der Waals surface area contributed by atoms with Gasteiger partial charge in [-0.2, -0.15) is 0 Å². The second kappa shape index (κ2) is 8.14. The molecule has 1 saturated heterocycles. The Labute approximate surface area is 128 Å². The molecule has 0 aromatic heterocycles. The van der Waals surface area contributed by atoms with Crippen molar-refractivity contribution in [3.63, 3.8) is 0 Å². The Hall–Kier alpha value is -0.610. The molecule has 1 N–H and O–H groups in total. The van der Waals surface area contributed by atoms with Gasteiger partial charge in [-0.3, -0.25) is 4.79 Å². The quantitative estimate of drug-likeness (QED) is 0.654. The third-order valence-corrected chi connectivity index (χ3v) is 5.12. The van der Waals surface area contributed by atoms with E-state index in [0.717, 1.165) is 32.1 Å². The molecule has 122 valence electrons. The van der Waals surface area contributed by atoms with Crippen LogP contribution >= 0.6 is 0 Å². The van der Waals surface area contributed by atoms with Crippen LogP contribution in [0.4, 0.5) is 0 Å². The Kier molecular flexibility index (Phi) is 6.49. The Morgan fingerprint density at radius 3 is 2.52 bits per heavy atom. The fraction of sp³-hybridized carbons (Fsp3) is 0.941. The molecule has 1 aliphatic carbocycles. The zero-order chi connectivity index (χ0) is 15.1. The third kappa shape index (κ3) is 4.96. The van der Waals surface area contributed by atoms with E-state index in [2.05, 4.69) is 6.92 Å². The molecule has 0 amide bonds. The largest absolute Gasteiger partial charge is 0.481 e. The zero-order valence-corrected chi connectivity index (χ0v) is 13.3. The Morgan fingerprint density at radius 2 is 1.86 bits per heavy atom. The van der Waals surface area contributed by atoms with Gasteiger partial charge in [-0.1, -0.05) is 32.6 Å². The van der Waals surface area contributed by atoms with Crippen molar-refractivity contribution in [1.29, 1.82) is 0 Å². The van der Waals surface area contributed by atoms with Gasteiger partial charge in [0.15, 0.2) is 5.79 Å². The topological polar surface area (TPSA) is 55.8 Å². The van der Waals surface area contributed by atoms with Crippen molar-refractivity contribution in [2.45, 2.75) is 76.9 Å². The SMILES string of the molecule is CCCCCC1(CC[C@H]2CCCC2CC(=O)O)OCCO1. The van der Waals surface area contributed by atoms with Gasteiger partial charge in [0, 0.05) is 19.3 Å². The molecule has 2 atom stereocenters. The molecule has 0 aromatic carbocycles. The van der Waals surface area contributed by atoms with E-state index in [4.69, 9.17) is 14.6 Å². The lowest BCUT2D eigenvalue weighted by atomic mass is 9.87. The van der Waals surface area contributed by atoms with Crippen LogP contribution in [0.2, 0.25) is 0 Å². The van der Waals surface area contributed by atoms with E-state index < -0.39 is 5.97 Å². The number of carboxylic acid groups (broad SMARTS) is 1. The van der Waals surface area contributed by atoms with Crippen LogP contribution in [-0.2, 0) is 14.3 Å². The number of rotatable bonds is 9. The lowest BCUT2D eigenvalue weighted by Crippen LogP contribution is -2.31. The van der Waals surface area contributed by atoms with Crippen molar-refractivity contribution in [2.24, 2.45) is 11.8 Å². The summed E-state index contributed by atoms with van der Waals surface area (Å²) in [6.45, 7) is 3.61. The van der Waals surface area contributed by atoms with E-state index in [1.54, 1.807) is 0 Å². The molecule has 4 nitrogen and oxygen atoms in total. The van der Waals surface area contributed by atoms with Gasteiger partial charge in [0.1, 0.15) is 0 Å². The minimum absolute atomic E-state index is 0.329. The number of unbranched alkanes of at least 4 members (excludes halogenated alkanes) is 2. The number of aliphatic carboxylic acids is 1. The summed E-state index contributed by atoms with van der Waals surface area (Å²) in [6, 6.07) is 0. The normalized spacial score (nSPS) is 28.0. The van der Waals surface area contributed by atoms with E-state index in [9.17, 15) is 4.79 Å². The van der Waals surface area contributed by atoms with Crippen LogP contribution in [0, 0.1) is 11.8 Å². The molecular weight excluding hydrogens is 268 g/mol. The number of carbonyl (C=O) groups is 1. The molecule has 0 bridgehead atoms. The number of hydrogen-bond acceptors (Lipinski definition) is 3. The monoisotopic (exact) mass is 298 g/mol. The maximum atomic E-state index is 10.9. The molecule has 2 fully saturated rings. The van der Waals surface area contributed by atoms with Crippen LogP contribution in [0.3, 0.4) is 0 Å². The molecule has 21 heavy (non-hydrogen) atoms. The van der Waals surface area contributed by atoms with Gasteiger partial charge in [-0.05, 0) is 31.1 Å². The fourth-order valence-corrected chi connectivity index (χ4v) is 3.95. The highest BCUT2D eigenvalue weighted by Gasteiger charge is 2.38. The summed E-state index contributed by atoms with van der Waals surface area (Å²) in [5.41, 5.74) is 0. The van der Waals surface area contributed by atoms with Gasteiger partial charge in [0.25, 0.3) is 0 Å². The Bertz CT molecular complexity index is 323. The highest BCUT2D eigenvalue weighted by molar-refractivity contribution is 5.67. The summed E-state index contributed by atoms with van der Waals surface area (Å²) >= 11 is 0. The summed E-state index contributed by atoms with van der Waals surface area (Å²) in [4.78, 5) is 10.9. The summed E-state index contributed by atoms with van der Waals surface area (Å²) in [5.74, 6) is -0.127. The fourth-order valence-electron chi connectivity index (χ4n) is 3.95. The molecule has 4 heteroatoms. The van der Waals surface area contributed by atoms with Crippen molar-refractivity contribution in [2.75, 3.05) is 13.2 Å². The molecule has 1 unspecified atom stereocenters. The van der Waals surface area contributed by atoms with Crippen LogP contribution in [0.5, 0.6) is 0 Å². The van der Waals surface area contributed by atoms with Crippen LogP contribution in [-0.4, -0.2) is 30.1 Å². The average Bonchev–Trinajstić information content (AvgIpc) is 3.06. The van der Waals surface area contributed by atoms with Crippen molar-refractivity contribution in [1.82, 2.24) is 0 Å². The lowest BCUT2D eigenvalue weighted by Gasteiger charge is -2.29. The van der Waals surface area contributed by atoms with Crippen molar-refractivity contribution < 1.29 is 19.4 Å². The third-order valence-electron chi connectivity index (χ3n) is 5.12. The van der Waals surface area contributed by atoms with Crippen LogP contribution in [0.1, 0.15) is 71.1 Å². The number of ether oxygens (including phenoxy) is 2. The smallest absolute Gasteiger partial charge is 0.303 e. The first-order chi connectivity index (χ1) is 10.2. The maximum absolute atomic E-state index is 10.9. The van der Waals surface area contributed by atoms with Crippen LogP contribution in [0.15, 0.2) is 0 Å². The first-order valence-electron chi connectivity index (χ1n) is 8.65. The highest BCUT2D eigenvalue weighted by atomic mass is 16.7. The van der Waals surface area contributed by atoms with Crippen molar-refractivity contribution in [3.8, 4) is 0 Å². The Balaban J connectivity index is 1.82. The van der Waals surface area contributed by atoms with Crippen LogP contribution < -0.4 is 0 Å². The zero-order valence-electron chi connectivity index (χ0n) is 13.3. The minimum atomic E-state index is -0.655. The standard InChI is InChI=1S/C17H30O4/c1-2-3-4-9-17(20-11-12-21-17)10-8-14-6-5-7-15(14)13-16(18)19/h14-15H,2-13H2,1H3,(H,18,19)/t14-,15?/m1/s1.